The number of hydrogen-bond donors (Lipinski definition) is 1. The Bertz CT molecular complexity index is 502. The minimum atomic E-state index is 0.662. The third-order valence-corrected chi connectivity index (χ3v) is 3.04. The molecule has 1 heterocycles. The van der Waals surface area contributed by atoms with E-state index in [0.717, 1.165) is 16.6 Å². The Balaban J connectivity index is 2.77. The summed E-state index contributed by atoms with van der Waals surface area (Å²) in [5.41, 5.74) is 9.13. The molecule has 0 radical (unpaired) electrons. The smallest absolute Gasteiger partial charge is 0.0715 e. The molecular weight excluding hydrogens is 254 g/mol. The lowest BCUT2D eigenvalue weighted by atomic mass is 10.1. The third-order valence-electron chi connectivity index (χ3n) is 2.58. The zero-order valence-electron chi connectivity index (χ0n) is 8.92. The van der Waals surface area contributed by atoms with Crippen LogP contribution in [0.1, 0.15) is 11.3 Å². The molecule has 2 aromatic rings. The molecule has 0 spiro atoms. The number of aromatic nitrogens is 2. The van der Waals surface area contributed by atoms with Gasteiger partial charge in [0.1, 0.15) is 0 Å². The standard InChI is InChI=1S/C11H14BrN3/c1-7-10-6-9(12)5-8(3-4-13)11(10)15(2)14-7/h5-6H,3-4,13H2,1-2H3. The van der Waals surface area contributed by atoms with E-state index in [9.17, 15) is 0 Å². The van der Waals surface area contributed by atoms with Crippen LogP contribution in [-0.2, 0) is 13.5 Å². The molecule has 0 saturated carbocycles. The normalized spacial score (nSPS) is 11.2. The van der Waals surface area contributed by atoms with E-state index in [2.05, 4.69) is 33.2 Å². The van der Waals surface area contributed by atoms with E-state index >= 15 is 0 Å². The number of nitrogens with zero attached hydrogens (tertiary/aromatic N) is 2. The van der Waals surface area contributed by atoms with Crippen molar-refractivity contribution < 1.29 is 0 Å². The second-order valence-corrected chi connectivity index (χ2v) is 4.62. The highest BCUT2D eigenvalue weighted by molar-refractivity contribution is 9.10. The molecule has 0 atom stereocenters. The van der Waals surface area contributed by atoms with Gasteiger partial charge >= 0.3 is 0 Å². The van der Waals surface area contributed by atoms with E-state index in [1.165, 1.54) is 16.5 Å². The molecule has 0 amide bonds. The van der Waals surface area contributed by atoms with Crippen molar-refractivity contribution in [3.8, 4) is 0 Å². The van der Waals surface area contributed by atoms with Crippen LogP contribution in [0.15, 0.2) is 16.6 Å². The molecule has 0 bridgehead atoms. The Labute approximate surface area is 97.4 Å². The Morgan fingerprint density at radius 2 is 2.20 bits per heavy atom. The lowest BCUT2D eigenvalue weighted by Gasteiger charge is -2.04. The molecule has 1 aromatic heterocycles. The lowest BCUT2D eigenvalue weighted by Crippen LogP contribution is -2.04. The van der Waals surface area contributed by atoms with Gasteiger partial charge in [0.05, 0.1) is 11.2 Å². The average Bonchev–Trinajstić information content (AvgIpc) is 2.42. The van der Waals surface area contributed by atoms with Crippen molar-refractivity contribution in [2.75, 3.05) is 6.54 Å². The monoisotopic (exact) mass is 267 g/mol. The molecule has 0 aliphatic carbocycles. The molecule has 0 fully saturated rings. The lowest BCUT2D eigenvalue weighted by molar-refractivity contribution is 0.777. The number of aryl methyl sites for hydroxylation is 2. The van der Waals surface area contributed by atoms with Crippen molar-refractivity contribution in [3.63, 3.8) is 0 Å². The number of halogens is 1. The van der Waals surface area contributed by atoms with Crippen LogP contribution in [0.4, 0.5) is 0 Å². The fourth-order valence-corrected chi connectivity index (χ4v) is 2.49. The minimum absolute atomic E-state index is 0.662. The van der Waals surface area contributed by atoms with Crippen molar-refractivity contribution in [3.05, 3.63) is 27.9 Å². The van der Waals surface area contributed by atoms with Gasteiger partial charge in [-0.3, -0.25) is 4.68 Å². The summed E-state index contributed by atoms with van der Waals surface area (Å²) in [4.78, 5) is 0. The Morgan fingerprint density at radius 1 is 1.47 bits per heavy atom. The molecule has 2 N–H and O–H groups in total. The quantitative estimate of drug-likeness (QED) is 0.906. The summed E-state index contributed by atoms with van der Waals surface area (Å²) in [6.45, 7) is 2.69. The number of rotatable bonds is 2. The second-order valence-electron chi connectivity index (χ2n) is 3.71. The summed E-state index contributed by atoms with van der Waals surface area (Å²) in [6, 6.07) is 4.23. The summed E-state index contributed by atoms with van der Waals surface area (Å²) in [7, 11) is 1.98. The van der Waals surface area contributed by atoms with Gasteiger partial charge in [0.2, 0.25) is 0 Å². The summed E-state index contributed by atoms with van der Waals surface area (Å²) < 4.78 is 3.02. The predicted octanol–water partition coefficient (Wildman–Crippen LogP) is 2.15. The van der Waals surface area contributed by atoms with Gasteiger partial charge in [-0.2, -0.15) is 5.10 Å². The number of nitrogens with two attached hydrogens (primary N) is 1. The zero-order valence-corrected chi connectivity index (χ0v) is 10.5. The van der Waals surface area contributed by atoms with Crippen LogP contribution in [-0.4, -0.2) is 16.3 Å². The summed E-state index contributed by atoms with van der Waals surface area (Å²) in [6.07, 6.45) is 0.884. The molecule has 3 nitrogen and oxygen atoms in total. The van der Waals surface area contributed by atoms with Crippen LogP contribution in [0.5, 0.6) is 0 Å². The van der Waals surface area contributed by atoms with Crippen LogP contribution >= 0.6 is 15.9 Å². The van der Waals surface area contributed by atoms with Crippen LogP contribution < -0.4 is 5.73 Å². The molecular formula is C11H14BrN3. The van der Waals surface area contributed by atoms with Crippen molar-refractivity contribution in [2.24, 2.45) is 12.8 Å². The van der Waals surface area contributed by atoms with Gasteiger partial charge in [0.25, 0.3) is 0 Å². The topological polar surface area (TPSA) is 43.8 Å². The van der Waals surface area contributed by atoms with E-state index < -0.39 is 0 Å². The SMILES string of the molecule is Cc1nn(C)c2c(CCN)cc(Br)cc12. The summed E-state index contributed by atoms with van der Waals surface area (Å²) in [5, 5.41) is 5.63. The number of benzene rings is 1. The van der Waals surface area contributed by atoms with Crippen molar-refractivity contribution in [1.29, 1.82) is 0 Å². The molecule has 1 aromatic carbocycles. The largest absolute Gasteiger partial charge is 0.330 e. The molecule has 0 unspecified atom stereocenters. The van der Waals surface area contributed by atoms with Gasteiger partial charge < -0.3 is 5.73 Å². The van der Waals surface area contributed by atoms with Crippen LogP contribution in [0.2, 0.25) is 0 Å². The first-order valence-electron chi connectivity index (χ1n) is 4.95. The van der Waals surface area contributed by atoms with Crippen LogP contribution in [0.3, 0.4) is 0 Å². The molecule has 80 valence electrons. The van der Waals surface area contributed by atoms with E-state index in [1.807, 2.05) is 18.7 Å². The fourth-order valence-electron chi connectivity index (χ4n) is 1.99. The number of hydrogen-bond acceptors (Lipinski definition) is 2. The van der Waals surface area contributed by atoms with E-state index in [1.54, 1.807) is 0 Å². The molecule has 0 aliphatic rings. The minimum Gasteiger partial charge on any atom is -0.330 e. The van der Waals surface area contributed by atoms with Gasteiger partial charge in [0, 0.05) is 16.9 Å². The highest BCUT2D eigenvalue weighted by atomic mass is 79.9. The van der Waals surface area contributed by atoms with Gasteiger partial charge in [-0.05, 0) is 37.6 Å². The van der Waals surface area contributed by atoms with E-state index in [0.29, 0.717) is 6.54 Å². The average molecular weight is 268 g/mol. The maximum Gasteiger partial charge on any atom is 0.0715 e. The van der Waals surface area contributed by atoms with Crippen molar-refractivity contribution in [1.82, 2.24) is 9.78 Å². The number of fused-ring (bicyclic) bond motifs is 1. The molecule has 0 aliphatic heterocycles. The predicted molar refractivity (Wildman–Crippen MR) is 65.9 cm³/mol. The van der Waals surface area contributed by atoms with E-state index in [4.69, 9.17) is 5.73 Å². The summed E-state index contributed by atoms with van der Waals surface area (Å²) in [5.74, 6) is 0. The fraction of sp³-hybridized carbons (Fsp3) is 0.364. The maximum absolute atomic E-state index is 5.61. The van der Waals surface area contributed by atoms with Crippen LogP contribution in [0.25, 0.3) is 10.9 Å². The highest BCUT2D eigenvalue weighted by Crippen LogP contribution is 2.26. The Kier molecular flexibility index (Phi) is 2.80. The second kappa shape index (κ2) is 3.94. The van der Waals surface area contributed by atoms with Crippen molar-refractivity contribution >= 4 is 26.8 Å². The first kappa shape index (κ1) is 10.6. The third kappa shape index (κ3) is 1.79. The highest BCUT2D eigenvalue weighted by Gasteiger charge is 2.10. The molecule has 2 rings (SSSR count). The van der Waals surface area contributed by atoms with Gasteiger partial charge in [-0.25, -0.2) is 0 Å². The maximum atomic E-state index is 5.61. The Morgan fingerprint density at radius 3 is 2.87 bits per heavy atom. The summed E-state index contributed by atoms with van der Waals surface area (Å²) >= 11 is 3.52. The molecule has 0 saturated heterocycles. The Hall–Kier alpha value is -0.870. The first-order valence-corrected chi connectivity index (χ1v) is 5.74. The molecule has 15 heavy (non-hydrogen) atoms. The van der Waals surface area contributed by atoms with Gasteiger partial charge in [-0.1, -0.05) is 15.9 Å². The van der Waals surface area contributed by atoms with E-state index in [-0.39, 0.29) is 0 Å². The first-order chi connectivity index (χ1) is 7.13. The molecule has 4 heteroatoms. The van der Waals surface area contributed by atoms with Gasteiger partial charge in [-0.15, -0.1) is 0 Å². The van der Waals surface area contributed by atoms with Gasteiger partial charge in [0.15, 0.2) is 0 Å². The zero-order chi connectivity index (χ0) is 11.0. The van der Waals surface area contributed by atoms with Crippen molar-refractivity contribution in [2.45, 2.75) is 13.3 Å². The van der Waals surface area contributed by atoms with Crippen LogP contribution in [0, 0.1) is 6.92 Å².